The van der Waals surface area contributed by atoms with E-state index >= 15 is 0 Å². The molecule has 3 nitrogen and oxygen atoms in total. The van der Waals surface area contributed by atoms with Gasteiger partial charge in [0.15, 0.2) is 0 Å². The van der Waals surface area contributed by atoms with Gasteiger partial charge in [0.25, 0.3) is 5.91 Å². The van der Waals surface area contributed by atoms with Crippen LogP contribution in [0.3, 0.4) is 0 Å². The molecule has 0 radical (unpaired) electrons. The Morgan fingerprint density at radius 1 is 1.20 bits per heavy atom. The van der Waals surface area contributed by atoms with Crippen LogP contribution in [0.15, 0.2) is 42.5 Å². The first-order valence-electron chi connectivity index (χ1n) is 6.92. The summed E-state index contributed by atoms with van der Waals surface area (Å²) in [6, 6.07) is 13.7. The van der Waals surface area contributed by atoms with E-state index in [1.165, 1.54) is 5.56 Å². The Morgan fingerprint density at radius 2 is 2.00 bits per heavy atom. The summed E-state index contributed by atoms with van der Waals surface area (Å²) in [4.78, 5) is 14.6. The number of carbonyl (C=O) groups excluding carboxylic acids is 1. The zero-order valence-electron chi connectivity index (χ0n) is 11.6. The number of nitrogens with zero attached hydrogens (tertiary/aromatic N) is 1. The minimum Gasteiger partial charge on any atom is -0.399 e. The van der Waals surface area contributed by atoms with Gasteiger partial charge >= 0.3 is 0 Å². The van der Waals surface area contributed by atoms with Crippen LogP contribution in [0, 0.1) is 6.92 Å². The molecule has 3 heteroatoms. The normalized spacial score (nSPS) is 13.9. The number of anilines is 2. The van der Waals surface area contributed by atoms with Crippen molar-refractivity contribution in [1.29, 1.82) is 0 Å². The van der Waals surface area contributed by atoms with Gasteiger partial charge in [0.05, 0.1) is 0 Å². The number of nitrogens with two attached hydrogens (primary N) is 1. The van der Waals surface area contributed by atoms with E-state index in [2.05, 4.69) is 6.07 Å². The molecule has 0 bridgehead atoms. The zero-order chi connectivity index (χ0) is 14.1. The van der Waals surface area contributed by atoms with Gasteiger partial charge in [-0.05, 0) is 55.2 Å². The molecule has 1 heterocycles. The second kappa shape index (κ2) is 5.00. The highest BCUT2D eigenvalue weighted by molar-refractivity contribution is 6.07. The molecular weight excluding hydrogens is 248 g/mol. The summed E-state index contributed by atoms with van der Waals surface area (Å²) in [5.41, 5.74) is 10.4. The lowest BCUT2D eigenvalue weighted by Crippen LogP contribution is -2.35. The molecule has 1 aliphatic heterocycles. The van der Waals surface area contributed by atoms with E-state index in [0.717, 1.165) is 30.6 Å². The molecule has 1 aliphatic rings. The van der Waals surface area contributed by atoms with E-state index in [1.54, 1.807) is 6.07 Å². The van der Waals surface area contributed by atoms with Crippen molar-refractivity contribution in [3.05, 3.63) is 59.2 Å². The molecule has 0 unspecified atom stereocenters. The first-order chi connectivity index (χ1) is 9.65. The highest BCUT2D eigenvalue weighted by Gasteiger charge is 2.23. The topological polar surface area (TPSA) is 46.3 Å². The summed E-state index contributed by atoms with van der Waals surface area (Å²) in [7, 11) is 0. The highest BCUT2D eigenvalue weighted by atomic mass is 16.2. The van der Waals surface area contributed by atoms with Crippen molar-refractivity contribution in [2.24, 2.45) is 0 Å². The van der Waals surface area contributed by atoms with Gasteiger partial charge in [0.2, 0.25) is 0 Å². The SMILES string of the molecule is Cc1cc(N)cc(C(=O)N2CCCc3ccccc32)c1. The molecule has 1 amide bonds. The fourth-order valence-corrected chi connectivity index (χ4v) is 2.84. The van der Waals surface area contributed by atoms with Gasteiger partial charge in [0, 0.05) is 23.5 Å². The van der Waals surface area contributed by atoms with Crippen molar-refractivity contribution in [3.8, 4) is 0 Å². The third-order valence-electron chi connectivity index (χ3n) is 3.70. The Kier molecular flexibility index (Phi) is 3.18. The molecule has 0 aliphatic carbocycles. The van der Waals surface area contributed by atoms with E-state index in [0.29, 0.717) is 11.3 Å². The van der Waals surface area contributed by atoms with E-state index in [4.69, 9.17) is 5.73 Å². The van der Waals surface area contributed by atoms with E-state index in [1.807, 2.05) is 42.2 Å². The second-order valence-electron chi connectivity index (χ2n) is 5.32. The van der Waals surface area contributed by atoms with Crippen LogP contribution in [0.4, 0.5) is 11.4 Å². The summed E-state index contributed by atoms with van der Waals surface area (Å²) in [5, 5.41) is 0. The Balaban J connectivity index is 1.99. The van der Waals surface area contributed by atoms with E-state index < -0.39 is 0 Å². The molecule has 3 rings (SSSR count). The minimum absolute atomic E-state index is 0.0348. The lowest BCUT2D eigenvalue weighted by molar-refractivity contribution is 0.0985. The van der Waals surface area contributed by atoms with Crippen molar-refractivity contribution in [2.45, 2.75) is 19.8 Å². The fraction of sp³-hybridized carbons (Fsp3) is 0.235. The van der Waals surface area contributed by atoms with Gasteiger partial charge in [-0.1, -0.05) is 18.2 Å². The first kappa shape index (κ1) is 12.7. The van der Waals surface area contributed by atoms with Crippen LogP contribution in [0.25, 0.3) is 0 Å². The van der Waals surface area contributed by atoms with Crippen LogP contribution in [0.5, 0.6) is 0 Å². The van der Waals surface area contributed by atoms with Gasteiger partial charge < -0.3 is 10.6 Å². The molecule has 0 aromatic heterocycles. The maximum absolute atomic E-state index is 12.7. The zero-order valence-corrected chi connectivity index (χ0v) is 11.6. The maximum Gasteiger partial charge on any atom is 0.258 e. The molecule has 2 N–H and O–H groups in total. The van der Waals surface area contributed by atoms with Gasteiger partial charge in [-0.25, -0.2) is 0 Å². The molecule has 0 saturated heterocycles. The standard InChI is InChI=1S/C17H18N2O/c1-12-9-14(11-15(18)10-12)17(20)19-8-4-6-13-5-2-3-7-16(13)19/h2-3,5,7,9-11H,4,6,8,18H2,1H3. The summed E-state index contributed by atoms with van der Waals surface area (Å²) in [6.45, 7) is 2.72. The number of amides is 1. The maximum atomic E-state index is 12.7. The number of rotatable bonds is 1. The molecule has 20 heavy (non-hydrogen) atoms. The number of benzene rings is 2. The van der Waals surface area contributed by atoms with Crippen LogP contribution < -0.4 is 10.6 Å². The number of hydrogen-bond acceptors (Lipinski definition) is 2. The summed E-state index contributed by atoms with van der Waals surface area (Å²) < 4.78 is 0. The molecule has 0 fully saturated rings. The van der Waals surface area contributed by atoms with Crippen molar-refractivity contribution < 1.29 is 4.79 Å². The van der Waals surface area contributed by atoms with Crippen molar-refractivity contribution in [3.63, 3.8) is 0 Å². The van der Waals surface area contributed by atoms with Crippen molar-refractivity contribution >= 4 is 17.3 Å². The molecule has 0 spiro atoms. The summed E-state index contributed by atoms with van der Waals surface area (Å²) >= 11 is 0. The second-order valence-corrected chi connectivity index (χ2v) is 5.32. The van der Waals surface area contributed by atoms with Crippen LogP contribution in [0.1, 0.15) is 27.9 Å². The monoisotopic (exact) mass is 266 g/mol. The van der Waals surface area contributed by atoms with Gasteiger partial charge in [-0.3, -0.25) is 4.79 Å². The van der Waals surface area contributed by atoms with Crippen LogP contribution in [0.2, 0.25) is 0 Å². The number of para-hydroxylation sites is 1. The number of hydrogen-bond donors (Lipinski definition) is 1. The van der Waals surface area contributed by atoms with Crippen LogP contribution in [-0.2, 0) is 6.42 Å². The summed E-state index contributed by atoms with van der Waals surface area (Å²) in [6.07, 6.45) is 2.04. The lowest BCUT2D eigenvalue weighted by atomic mass is 10.0. The van der Waals surface area contributed by atoms with Gasteiger partial charge in [0.1, 0.15) is 0 Å². The Hall–Kier alpha value is -2.29. The predicted octanol–water partition coefficient (Wildman–Crippen LogP) is 3.17. The lowest BCUT2D eigenvalue weighted by Gasteiger charge is -2.29. The molecule has 2 aromatic carbocycles. The van der Waals surface area contributed by atoms with Crippen molar-refractivity contribution in [1.82, 2.24) is 0 Å². The average molecular weight is 266 g/mol. The smallest absolute Gasteiger partial charge is 0.258 e. The Bertz CT molecular complexity index is 644. The number of nitrogen functional groups attached to an aromatic ring is 1. The number of carbonyl (C=O) groups is 1. The van der Waals surface area contributed by atoms with Crippen LogP contribution in [-0.4, -0.2) is 12.5 Å². The summed E-state index contributed by atoms with van der Waals surface area (Å²) in [5.74, 6) is 0.0348. The largest absolute Gasteiger partial charge is 0.399 e. The van der Waals surface area contributed by atoms with E-state index in [-0.39, 0.29) is 5.91 Å². The third-order valence-corrected chi connectivity index (χ3v) is 3.70. The predicted molar refractivity (Wildman–Crippen MR) is 82.0 cm³/mol. The van der Waals surface area contributed by atoms with Gasteiger partial charge in [-0.2, -0.15) is 0 Å². The third kappa shape index (κ3) is 2.27. The Morgan fingerprint density at radius 3 is 2.80 bits per heavy atom. The Labute approximate surface area is 119 Å². The number of fused-ring (bicyclic) bond motifs is 1. The first-order valence-corrected chi connectivity index (χ1v) is 6.92. The molecule has 2 aromatic rings. The molecular formula is C17H18N2O. The van der Waals surface area contributed by atoms with Crippen LogP contribution >= 0.6 is 0 Å². The molecule has 0 atom stereocenters. The van der Waals surface area contributed by atoms with Crippen molar-refractivity contribution in [2.75, 3.05) is 17.2 Å². The fourth-order valence-electron chi connectivity index (χ4n) is 2.84. The molecule has 102 valence electrons. The minimum atomic E-state index is 0.0348. The van der Waals surface area contributed by atoms with Gasteiger partial charge in [-0.15, -0.1) is 0 Å². The highest BCUT2D eigenvalue weighted by Crippen LogP contribution is 2.28. The van der Waals surface area contributed by atoms with E-state index in [9.17, 15) is 4.79 Å². The number of aryl methyl sites for hydroxylation is 2. The quantitative estimate of drug-likeness (QED) is 0.806. The average Bonchev–Trinajstić information content (AvgIpc) is 2.45. The molecule has 0 saturated carbocycles.